The summed E-state index contributed by atoms with van der Waals surface area (Å²) in [5.74, 6) is -0.176. The van der Waals surface area contributed by atoms with Gasteiger partial charge in [0, 0.05) is 36.4 Å². The molecule has 4 rings (SSSR count). The molecule has 0 aliphatic heterocycles. The molecule has 0 unspecified atom stereocenters. The summed E-state index contributed by atoms with van der Waals surface area (Å²) in [4.78, 5) is 32.8. The topological polar surface area (TPSA) is 68.1 Å². The zero-order valence-electron chi connectivity index (χ0n) is 21.1. The van der Waals surface area contributed by atoms with Gasteiger partial charge in [-0.3, -0.25) is 14.6 Å². The highest BCUT2D eigenvalue weighted by atomic mass is 16.2. The van der Waals surface area contributed by atoms with Gasteiger partial charge in [-0.1, -0.05) is 56.7 Å². The van der Waals surface area contributed by atoms with Crippen molar-refractivity contribution in [3.63, 3.8) is 0 Å². The first-order valence-corrected chi connectivity index (χ1v) is 12.0. The van der Waals surface area contributed by atoms with E-state index in [2.05, 4.69) is 36.9 Å². The van der Waals surface area contributed by atoms with Crippen LogP contribution in [0.3, 0.4) is 0 Å². The number of likely N-dealkylation sites (N-methyl/N-ethyl adjacent to an activating group) is 1. The minimum Gasteiger partial charge on any atom is -0.311 e. The van der Waals surface area contributed by atoms with Crippen molar-refractivity contribution in [1.82, 2.24) is 14.8 Å². The average molecular weight is 469 g/mol. The highest BCUT2D eigenvalue weighted by Crippen LogP contribution is 2.26. The van der Waals surface area contributed by atoms with E-state index < -0.39 is 0 Å². The maximum Gasteiger partial charge on any atom is 0.275 e. The molecule has 0 N–H and O–H groups in total. The van der Waals surface area contributed by atoms with E-state index in [0.29, 0.717) is 18.4 Å². The SMILES string of the molecule is CCN(C(=O)Cn1nc(Cc2cccnc2)c2ccc(C(C)(C)C)cc2c1=O)c1ccc(C)cc1. The number of carbonyl (C=O) groups excluding carboxylic acids is 1. The van der Waals surface area contributed by atoms with Crippen LogP contribution in [0.4, 0.5) is 5.69 Å². The number of pyridine rings is 1. The standard InChI is InChI=1S/C29H32N4O2/c1-6-32(23-12-9-20(2)10-13-23)27(34)19-33-28(35)25-17-22(29(3,4)5)11-14-24(25)26(31-33)16-21-8-7-15-30-18-21/h7-15,17-18H,6,16,19H2,1-5H3. The first-order valence-electron chi connectivity index (χ1n) is 12.0. The Morgan fingerprint density at radius 3 is 2.40 bits per heavy atom. The first kappa shape index (κ1) is 24.3. The molecular formula is C29H32N4O2. The Labute approximate surface area is 206 Å². The molecule has 0 aliphatic carbocycles. The third-order valence-corrected chi connectivity index (χ3v) is 6.25. The van der Waals surface area contributed by atoms with Gasteiger partial charge in [-0.05, 0) is 54.7 Å². The number of fused-ring (bicyclic) bond motifs is 1. The van der Waals surface area contributed by atoms with E-state index in [-0.39, 0.29) is 23.4 Å². The van der Waals surface area contributed by atoms with E-state index in [4.69, 9.17) is 0 Å². The monoisotopic (exact) mass is 468 g/mol. The number of amides is 1. The molecule has 1 amide bonds. The number of hydrogen-bond donors (Lipinski definition) is 0. The van der Waals surface area contributed by atoms with E-state index in [1.165, 1.54) is 4.68 Å². The smallest absolute Gasteiger partial charge is 0.275 e. The lowest BCUT2D eigenvalue weighted by Gasteiger charge is -2.22. The van der Waals surface area contributed by atoms with Crippen LogP contribution in [0.1, 0.15) is 50.1 Å². The van der Waals surface area contributed by atoms with Crippen LogP contribution >= 0.6 is 0 Å². The largest absolute Gasteiger partial charge is 0.311 e. The van der Waals surface area contributed by atoms with Crippen LogP contribution in [-0.4, -0.2) is 27.2 Å². The van der Waals surface area contributed by atoms with Gasteiger partial charge in [0.05, 0.1) is 11.1 Å². The third-order valence-electron chi connectivity index (χ3n) is 6.25. The van der Waals surface area contributed by atoms with Gasteiger partial charge in [0.2, 0.25) is 5.91 Å². The third kappa shape index (κ3) is 5.32. The minimum atomic E-state index is -0.255. The van der Waals surface area contributed by atoms with Crippen LogP contribution in [0.25, 0.3) is 10.8 Å². The van der Waals surface area contributed by atoms with Crippen molar-refractivity contribution >= 4 is 22.4 Å². The van der Waals surface area contributed by atoms with E-state index in [1.807, 2.05) is 62.4 Å². The number of nitrogens with zero attached hydrogens (tertiary/aromatic N) is 4. The Bertz CT molecular complexity index is 1400. The maximum atomic E-state index is 13.6. The molecule has 4 aromatic rings. The van der Waals surface area contributed by atoms with Gasteiger partial charge in [-0.15, -0.1) is 0 Å². The summed E-state index contributed by atoms with van der Waals surface area (Å²) in [7, 11) is 0. The molecular weight excluding hydrogens is 436 g/mol. The molecule has 0 radical (unpaired) electrons. The lowest BCUT2D eigenvalue weighted by molar-refractivity contribution is -0.119. The second-order valence-electron chi connectivity index (χ2n) is 9.93. The number of anilines is 1. The van der Waals surface area contributed by atoms with Crippen LogP contribution in [-0.2, 0) is 23.2 Å². The second-order valence-corrected chi connectivity index (χ2v) is 9.93. The van der Waals surface area contributed by atoms with E-state index in [1.54, 1.807) is 17.3 Å². The van der Waals surface area contributed by atoms with Crippen molar-refractivity contribution in [3.05, 3.63) is 99.7 Å². The van der Waals surface area contributed by atoms with Crippen LogP contribution in [0.2, 0.25) is 0 Å². The lowest BCUT2D eigenvalue weighted by atomic mass is 9.86. The summed E-state index contributed by atoms with van der Waals surface area (Å²) in [5.41, 5.74) is 4.37. The van der Waals surface area contributed by atoms with E-state index in [0.717, 1.165) is 33.5 Å². The van der Waals surface area contributed by atoms with Crippen LogP contribution in [0, 0.1) is 6.92 Å². The van der Waals surface area contributed by atoms with Crippen molar-refractivity contribution in [3.8, 4) is 0 Å². The quantitative estimate of drug-likeness (QED) is 0.398. The Hall–Kier alpha value is -3.80. The van der Waals surface area contributed by atoms with Gasteiger partial charge in [-0.2, -0.15) is 5.10 Å². The molecule has 0 bridgehead atoms. The number of benzene rings is 2. The average Bonchev–Trinajstić information content (AvgIpc) is 2.83. The minimum absolute atomic E-state index is 0.113. The van der Waals surface area contributed by atoms with Gasteiger partial charge in [-0.25, -0.2) is 4.68 Å². The van der Waals surface area contributed by atoms with Crippen molar-refractivity contribution in [2.75, 3.05) is 11.4 Å². The van der Waals surface area contributed by atoms with Crippen molar-refractivity contribution in [1.29, 1.82) is 0 Å². The Balaban J connectivity index is 1.79. The molecule has 0 saturated heterocycles. The lowest BCUT2D eigenvalue weighted by Crippen LogP contribution is -2.38. The number of hydrogen-bond acceptors (Lipinski definition) is 4. The number of aromatic nitrogens is 3. The van der Waals surface area contributed by atoms with Crippen molar-refractivity contribution < 1.29 is 4.79 Å². The molecule has 0 atom stereocenters. The summed E-state index contributed by atoms with van der Waals surface area (Å²) in [6.07, 6.45) is 4.05. The zero-order valence-corrected chi connectivity index (χ0v) is 21.1. The normalized spacial score (nSPS) is 11.6. The highest BCUT2D eigenvalue weighted by Gasteiger charge is 2.20. The van der Waals surface area contributed by atoms with Gasteiger partial charge in [0.1, 0.15) is 6.54 Å². The Morgan fingerprint density at radius 2 is 1.77 bits per heavy atom. The van der Waals surface area contributed by atoms with Crippen LogP contribution in [0.15, 0.2) is 71.8 Å². The molecule has 180 valence electrons. The van der Waals surface area contributed by atoms with Gasteiger partial charge < -0.3 is 4.90 Å². The summed E-state index contributed by atoms with van der Waals surface area (Å²) < 4.78 is 1.32. The van der Waals surface area contributed by atoms with E-state index in [9.17, 15) is 9.59 Å². The molecule has 0 aliphatic rings. The highest BCUT2D eigenvalue weighted by molar-refractivity contribution is 5.93. The zero-order chi connectivity index (χ0) is 25.2. The fourth-order valence-electron chi connectivity index (χ4n) is 4.20. The second kappa shape index (κ2) is 9.82. The maximum absolute atomic E-state index is 13.6. The fourth-order valence-corrected chi connectivity index (χ4v) is 4.20. The van der Waals surface area contributed by atoms with Crippen LogP contribution < -0.4 is 10.5 Å². The summed E-state index contributed by atoms with van der Waals surface area (Å²) in [6.45, 7) is 10.7. The fraction of sp³-hybridized carbons (Fsp3) is 0.310. The molecule has 2 heterocycles. The van der Waals surface area contributed by atoms with Crippen LogP contribution in [0.5, 0.6) is 0 Å². The Morgan fingerprint density at radius 1 is 1.03 bits per heavy atom. The molecule has 2 aromatic carbocycles. The van der Waals surface area contributed by atoms with Gasteiger partial charge in [0.25, 0.3) is 5.56 Å². The number of carbonyl (C=O) groups is 1. The predicted octanol–water partition coefficient (Wildman–Crippen LogP) is 5.04. The molecule has 6 nitrogen and oxygen atoms in total. The number of aryl methyl sites for hydroxylation is 1. The predicted molar refractivity (Wildman–Crippen MR) is 141 cm³/mol. The molecule has 2 aromatic heterocycles. The number of rotatable bonds is 6. The Kier molecular flexibility index (Phi) is 6.83. The molecule has 0 saturated carbocycles. The summed E-state index contributed by atoms with van der Waals surface area (Å²) in [6, 6.07) is 17.7. The van der Waals surface area contributed by atoms with Crippen molar-refractivity contribution in [2.24, 2.45) is 0 Å². The molecule has 0 fully saturated rings. The molecule has 6 heteroatoms. The first-order chi connectivity index (χ1) is 16.7. The van der Waals surface area contributed by atoms with Gasteiger partial charge >= 0.3 is 0 Å². The summed E-state index contributed by atoms with van der Waals surface area (Å²) >= 11 is 0. The van der Waals surface area contributed by atoms with Crippen molar-refractivity contribution in [2.45, 2.75) is 53.0 Å². The summed E-state index contributed by atoms with van der Waals surface area (Å²) in [5, 5.41) is 6.07. The van der Waals surface area contributed by atoms with Gasteiger partial charge in [0.15, 0.2) is 0 Å². The molecule has 35 heavy (non-hydrogen) atoms. The molecule has 0 spiro atoms. The van der Waals surface area contributed by atoms with E-state index >= 15 is 0 Å².